The fourth-order valence-corrected chi connectivity index (χ4v) is 3.66. The third kappa shape index (κ3) is 5.03. The van der Waals surface area contributed by atoms with E-state index in [4.69, 9.17) is 0 Å². The number of nitro groups is 1. The molecule has 134 valence electrons. The Labute approximate surface area is 155 Å². The number of halogens is 1. The Morgan fingerprint density at radius 2 is 2.00 bits per heavy atom. The van der Waals surface area contributed by atoms with Crippen LogP contribution in [0.4, 0.5) is 5.69 Å². The molecular formula is C20H25ClN2O2. The van der Waals surface area contributed by atoms with Crippen molar-refractivity contribution in [3.8, 4) is 0 Å². The molecule has 0 aliphatic heterocycles. The van der Waals surface area contributed by atoms with Gasteiger partial charge in [-0.2, -0.15) is 0 Å². The lowest BCUT2D eigenvalue weighted by molar-refractivity contribution is -0.384. The smallest absolute Gasteiger partial charge is 0.269 e. The van der Waals surface area contributed by atoms with Crippen LogP contribution in [0, 0.1) is 10.1 Å². The second-order valence-corrected chi connectivity index (χ2v) is 6.73. The Morgan fingerprint density at radius 1 is 1.20 bits per heavy atom. The molecular weight excluding hydrogens is 336 g/mol. The van der Waals surface area contributed by atoms with Gasteiger partial charge in [0.15, 0.2) is 0 Å². The molecule has 0 heterocycles. The number of rotatable bonds is 6. The first kappa shape index (κ1) is 19.4. The lowest BCUT2D eigenvalue weighted by Crippen LogP contribution is -2.28. The standard InChI is InChI=1S/C20H24N2O2.ClH/c1-21(13-12-16-6-4-10-19(14-16)22(23)24)15-18-9-5-8-17-7-2-3-11-20(17)18;/h2-4,6-7,10-11,14,18H,5,8-9,12-13,15H2,1H3;1H. The molecule has 3 rings (SSSR count). The summed E-state index contributed by atoms with van der Waals surface area (Å²) in [6.45, 7) is 1.96. The van der Waals surface area contributed by atoms with Crippen molar-refractivity contribution < 1.29 is 4.92 Å². The number of non-ortho nitro benzene ring substituents is 1. The summed E-state index contributed by atoms with van der Waals surface area (Å²) >= 11 is 0. The molecule has 0 bridgehead atoms. The lowest BCUT2D eigenvalue weighted by Gasteiger charge is -2.29. The van der Waals surface area contributed by atoms with Crippen LogP contribution in [0.3, 0.4) is 0 Å². The first-order valence-corrected chi connectivity index (χ1v) is 8.63. The molecule has 1 aliphatic carbocycles. The van der Waals surface area contributed by atoms with E-state index in [1.54, 1.807) is 18.2 Å². The minimum atomic E-state index is -0.327. The largest absolute Gasteiger partial charge is 0.305 e. The van der Waals surface area contributed by atoms with Crippen molar-refractivity contribution in [3.63, 3.8) is 0 Å². The second kappa shape index (κ2) is 8.97. The van der Waals surface area contributed by atoms with E-state index in [0.717, 1.165) is 25.1 Å². The Bertz CT molecular complexity index is 720. The molecule has 1 atom stereocenters. The maximum absolute atomic E-state index is 10.9. The maximum atomic E-state index is 10.9. The zero-order chi connectivity index (χ0) is 16.9. The molecule has 1 unspecified atom stereocenters. The number of nitrogens with zero attached hydrogens (tertiary/aromatic N) is 2. The number of nitro benzene ring substituents is 1. The third-order valence-corrected chi connectivity index (χ3v) is 4.93. The van der Waals surface area contributed by atoms with Crippen LogP contribution in [0.25, 0.3) is 0 Å². The number of hydrogen-bond donors (Lipinski definition) is 0. The van der Waals surface area contributed by atoms with Gasteiger partial charge >= 0.3 is 0 Å². The minimum absolute atomic E-state index is 0. The molecule has 2 aromatic carbocycles. The average molecular weight is 361 g/mol. The van der Waals surface area contributed by atoms with Crippen molar-refractivity contribution in [2.45, 2.75) is 31.6 Å². The van der Waals surface area contributed by atoms with Crippen LogP contribution in [0.5, 0.6) is 0 Å². The third-order valence-electron chi connectivity index (χ3n) is 4.93. The Kier molecular flexibility index (Phi) is 6.97. The van der Waals surface area contributed by atoms with Crippen molar-refractivity contribution in [3.05, 3.63) is 75.3 Å². The van der Waals surface area contributed by atoms with E-state index in [0.29, 0.717) is 5.92 Å². The molecule has 0 N–H and O–H groups in total. The zero-order valence-electron chi connectivity index (χ0n) is 14.6. The Hall–Kier alpha value is -1.91. The van der Waals surface area contributed by atoms with Crippen LogP contribution in [0.2, 0.25) is 0 Å². The highest BCUT2D eigenvalue weighted by atomic mass is 35.5. The molecule has 0 aromatic heterocycles. The monoisotopic (exact) mass is 360 g/mol. The summed E-state index contributed by atoms with van der Waals surface area (Å²) < 4.78 is 0. The van der Waals surface area contributed by atoms with Gasteiger partial charge in [-0.15, -0.1) is 12.4 Å². The molecule has 2 aromatic rings. The predicted molar refractivity (Wildman–Crippen MR) is 104 cm³/mol. The minimum Gasteiger partial charge on any atom is -0.305 e. The zero-order valence-corrected chi connectivity index (χ0v) is 15.4. The van der Waals surface area contributed by atoms with Gasteiger partial charge in [0.25, 0.3) is 5.69 Å². The summed E-state index contributed by atoms with van der Waals surface area (Å²) in [7, 11) is 2.15. The summed E-state index contributed by atoms with van der Waals surface area (Å²) in [4.78, 5) is 12.9. The molecule has 0 spiro atoms. The van der Waals surface area contributed by atoms with E-state index < -0.39 is 0 Å². The van der Waals surface area contributed by atoms with Crippen molar-refractivity contribution >= 4 is 18.1 Å². The van der Waals surface area contributed by atoms with E-state index in [1.807, 2.05) is 6.07 Å². The first-order valence-electron chi connectivity index (χ1n) is 8.63. The number of benzene rings is 2. The van der Waals surface area contributed by atoms with Crippen LogP contribution >= 0.6 is 12.4 Å². The molecule has 5 heteroatoms. The van der Waals surface area contributed by atoms with Crippen molar-refractivity contribution in [2.24, 2.45) is 0 Å². The van der Waals surface area contributed by atoms with Gasteiger partial charge in [0, 0.05) is 25.2 Å². The van der Waals surface area contributed by atoms with Gasteiger partial charge in [-0.1, -0.05) is 36.4 Å². The van der Waals surface area contributed by atoms with Crippen LogP contribution in [-0.4, -0.2) is 30.0 Å². The van der Waals surface area contributed by atoms with Gasteiger partial charge in [-0.25, -0.2) is 0 Å². The van der Waals surface area contributed by atoms with E-state index in [-0.39, 0.29) is 23.0 Å². The van der Waals surface area contributed by atoms with Crippen LogP contribution in [0.15, 0.2) is 48.5 Å². The van der Waals surface area contributed by atoms with Crippen molar-refractivity contribution in [2.75, 3.05) is 20.1 Å². The fraction of sp³-hybridized carbons (Fsp3) is 0.400. The number of hydrogen-bond acceptors (Lipinski definition) is 3. The summed E-state index contributed by atoms with van der Waals surface area (Å²) in [5.41, 5.74) is 4.21. The fourth-order valence-electron chi connectivity index (χ4n) is 3.66. The Morgan fingerprint density at radius 3 is 2.80 bits per heavy atom. The highest BCUT2D eigenvalue weighted by Gasteiger charge is 2.20. The van der Waals surface area contributed by atoms with Crippen LogP contribution in [-0.2, 0) is 12.8 Å². The van der Waals surface area contributed by atoms with Gasteiger partial charge in [-0.3, -0.25) is 10.1 Å². The molecule has 0 saturated carbocycles. The predicted octanol–water partition coefficient (Wildman–Crippen LogP) is 4.61. The maximum Gasteiger partial charge on any atom is 0.269 e. The van der Waals surface area contributed by atoms with E-state index in [2.05, 4.69) is 36.2 Å². The quantitative estimate of drug-likeness (QED) is 0.558. The number of aryl methyl sites for hydroxylation is 1. The highest BCUT2D eigenvalue weighted by Crippen LogP contribution is 2.31. The van der Waals surface area contributed by atoms with E-state index in [1.165, 1.54) is 30.4 Å². The molecule has 0 fully saturated rings. The first-order chi connectivity index (χ1) is 11.6. The molecule has 25 heavy (non-hydrogen) atoms. The number of likely N-dealkylation sites (N-methyl/N-ethyl adjacent to an activating group) is 1. The highest BCUT2D eigenvalue weighted by molar-refractivity contribution is 5.85. The van der Waals surface area contributed by atoms with Gasteiger partial charge in [0.2, 0.25) is 0 Å². The summed E-state index contributed by atoms with van der Waals surface area (Å²) in [6, 6.07) is 15.8. The molecule has 0 radical (unpaired) electrons. The van der Waals surface area contributed by atoms with Crippen LogP contribution in [0.1, 0.15) is 35.4 Å². The number of fused-ring (bicyclic) bond motifs is 1. The second-order valence-electron chi connectivity index (χ2n) is 6.73. The molecule has 0 amide bonds. The summed E-state index contributed by atoms with van der Waals surface area (Å²) in [6.07, 6.45) is 4.55. The van der Waals surface area contributed by atoms with E-state index in [9.17, 15) is 10.1 Å². The van der Waals surface area contributed by atoms with Gasteiger partial charge in [0.05, 0.1) is 4.92 Å². The topological polar surface area (TPSA) is 46.4 Å². The molecule has 4 nitrogen and oxygen atoms in total. The average Bonchev–Trinajstić information content (AvgIpc) is 2.60. The van der Waals surface area contributed by atoms with Crippen molar-refractivity contribution in [1.82, 2.24) is 4.90 Å². The van der Waals surface area contributed by atoms with Crippen LogP contribution < -0.4 is 0 Å². The van der Waals surface area contributed by atoms with Gasteiger partial charge in [0.1, 0.15) is 0 Å². The van der Waals surface area contributed by atoms with E-state index >= 15 is 0 Å². The molecule has 0 saturated heterocycles. The summed E-state index contributed by atoms with van der Waals surface area (Å²) in [5.74, 6) is 0.602. The van der Waals surface area contributed by atoms with Crippen molar-refractivity contribution in [1.29, 1.82) is 0 Å². The molecule has 1 aliphatic rings. The normalized spacial score (nSPS) is 16.2. The summed E-state index contributed by atoms with van der Waals surface area (Å²) in [5, 5.41) is 10.9. The SMILES string of the molecule is CN(CCc1cccc([N+](=O)[O-])c1)CC1CCCc2ccccc21.Cl. The lowest BCUT2D eigenvalue weighted by atomic mass is 9.82. The van der Waals surface area contributed by atoms with Gasteiger partial charge < -0.3 is 4.90 Å². The Balaban J connectivity index is 0.00000225. The van der Waals surface area contributed by atoms with Gasteiger partial charge in [-0.05, 0) is 55.3 Å².